The highest BCUT2D eigenvalue weighted by molar-refractivity contribution is 7.13. The highest BCUT2D eigenvalue weighted by atomic mass is 32.1. The summed E-state index contributed by atoms with van der Waals surface area (Å²) in [5, 5.41) is 3.15. The average molecular weight is 406 g/mol. The van der Waals surface area contributed by atoms with Gasteiger partial charge in [-0.3, -0.25) is 4.79 Å². The van der Waals surface area contributed by atoms with Crippen LogP contribution in [0.1, 0.15) is 37.8 Å². The van der Waals surface area contributed by atoms with Crippen molar-refractivity contribution < 1.29 is 9.59 Å². The molecule has 4 heterocycles. The van der Waals surface area contributed by atoms with Crippen molar-refractivity contribution in [3.05, 3.63) is 11.1 Å². The van der Waals surface area contributed by atoms with Crippen LogP contribution in [0.4, 0.5) is 9.93 Å². The van der Waals surface area contributed by atoms with Gasteiger partial charge in [0.05, 0.1) is 5.69 Å². The number of hydrogen-bond acceptors (Lipinski definition) is 5. The third-order valence-corrected chi connectivity index (χ3v) is 7.20. The van der Waals surface area contributed by atoms with E-state index in [0.717, 1.165) is 82.2 Å². The van der Waals surface area contributed by atoms with Gasteiger partial charge in [-0.2, -0.15) is 0 Å². The fourth-order valence-electron chi connectivity index (χ4n) is 4.50. The molecule has 3 aliphatic heterocycles. The van der Waals surface area contributed by atoms with Crippen LogP contribution in [-0.2, 0) is 4.79 Å². The lowest BCUT2D eigenvalue weighted by atomic mass is 9.95. The lowest BCUT2D eigenvalue weighted by molar-refractivity contribution is -0.136. The van der Waals surface area contributed by atoms with Gasteiger partial charge in [-0.05, 0) is 39.0 Å². The Morgan fingerprint density at radius 3 is 2.25 bits per heavy atom. The van der Waals surface area contributed by atoms with E-state index >= 15 is 0 Å². The molecule has 0 aromatic carbocycles. The van der Waals surface area contributed by atoms with Crippen molar-refractivity contribution in [2.45, 2.75) is 39.0 Å². The second-order valence-corrected chi connectivity index (χ2v) is 9.01. The van der Waals surface area contributed by atoms with E-state index in [1.807, 2.05) is 21.6 Å². The molecule has 3 saturated heterocycles. The number of likely N-dealkylation sites (tertiary alicyclic amines) is 2. The van der Waals surface area contributed by atoms with Crippen LogP contribution in [-0.4, -0.2) is 84.0 Å². The molecule has 1 aromatic rings. The first-order valence-corrected chi connectivity index (χ1v) is 11.5. The lowest BCUT2D eigenvalue weighted by Crippen LogP contribution is -2.48. The van der Waals surface area contributed by atoms with E-state index in [-0.39, 0.29) is 17.9 Å². The zero-order valence-corrected chi connectivity index (χ0v) is 17.6. The summed E-state index contributed by atoms with van der Waals surface area (Å²) >= 11 is 1.69. The Bertz CT molecular complexity index is 695. The van der Waals surface area contributed by atoms with Crippen molar-refractivity contribution in [1.29, 1.82) is 0 Å². The SMILES string of the molecule is Cc1csc(N2CCCN(C(=O)C3CCN(C(=O)N4CCCC4)CC3)CC2)n1. The number of carbonyl (C=O) groups is 2. The maximum Gasteiger partial charge on any atom is 0.319 e. The summed E-state index contributed by atoms with van der Waals surface area (Å²) in [5.74, 6) is 0.349. The molecule has 8 heteroatoms. The number of piperidine rings is 1. The van der Waals surface area contributed by atoms with E-state index in [1.54, 1.807) is 11.3 Å². The topological polar surface area (TPSA) is 60.0 Å². The number of carbonyl (C=O) groups excluding carboxylic acids is 2. The summed E-state index contributed by atoms with van der Waals surface area (Å²) in [6.45, 7) is 8.63. The number of rotatable bonds is 2. The molecule has 3 aliphatic rings. The number of anilines is 1. The monoisotopic (exact) mass is 405 g/mol. The Hall–Kier alpha value is -1.83. The summed E-state index contributed by atoms with van der Waals surface area (Å²) in [5.41, 5.74) is 1.06. The molecule has 0 atom stereocenters. The van der Waals surface area contributed by atoms with Crippen LogP contribution < -0.4 is 4.90 Å². The van der Waals surface area contributed by atoms with Crippen LogP contribution in [0.15, 0.2) is 5.38 Å². The molecule has 7 nitrogen and oxygen atoms in total. The largest absolute Gasteiger partial charge is 0.346 e. The minimum absolute atomic E-state index is 0.0660. The van der Waals surface area contributed by atoms with E-state index in [0.29, 0.717) is 13.1 Å². The number of urea groups is 1. The van der Waals surface area contributed by atoms with Gasteiger partial charge in [0.1, 0.15) is 0 Å². The van der Waals surface area contributed by atoms with Crippen molar-refractivity contribution in [2.24, 2.45) is 5.92 Å². The zero-order valence-electron chi connectivity index (χ0n) is 16.8. The highest BCUT2D eigenvalue weighted by Gasteiger charge is 2.33. The number of aromatic nitrogens is 1. The van der Waals surface area contributed by atoms with Gasteiger partial charge in [-0.15, -0.1) is 11.3 Å². The lowest BCUT2D eigenvalue weighted by Gasteiger charge is -2.35. The van der Waals surface area contributed by atoms with Crippen LogP contribution in [0.2, 0.25) is 0 Å². The molecule has 154 valence electrons. The van der Waals surface area contributed by atoms with Crippen LogP contribution in [0, 0.1) is 12.8 Å². The Labute approximate surface area is 171 Å². The molecule has 0 saturated carbocycles. The molecule has 0 aliphatic carbocycles. The predicted octanol–water partition coefficient (Wildman–Crippen LogP) is 2.42. The molecular weight excluding hydrogens is 374 g/mol. The molecule has 4 rings (SSSR count). The van der Waals surface area contributed by atoms with E-state index in [9.17, 15) is 9.59 Å². The second-order valence-electron chi connectivity index (χ2n) is 8.18. The van der Waals surface area contributed by atoms with Crippen molar-refractivity contribution in [1.82, 2.24) is 19.7 Å². The average Bonchev–Trinajstić information content (AvgIpc) is 3.34. The Morgan fingerprint density at radius 2 is 1.57 bits per heavy atom. The molecular formula is C20H31N5O2S. The first kappa shape index (κ1) is 19.5. The number of nitrogens with zero attached hydrogens (tertiary/aromatic N) is 5. The summed E-state index contributed by atoms with van der Waals surface area (Å²) in [6, 6.07) is 0.174. The van der Waals surface area contributed by atoms with E-state index in [4.69, 9.17) is 0 Å². The number of thiazole rings is 1. The maximum absolute atomic E-state index is 13.1. The van der Waals surface area contributed by atoms with Crippen molar-refractivity contribution >= 4 is 28.4 Å². The smallest absolute Gasteiger partial charge is 0.319 e. The number of aryl methyl sites for hydroxylation is 1. The van der Waals surface area contributed by atoms with Gasteiger partial charge < -0.3 is 19.6 Å². The Kier molecular flexibility index (Phi) is 6.04. The van der Waals surface area contributed by atoms with Gasteiger partial charge in [0, 0.05) is 63.7 Å². The maximum atomic E-state index is 13.1. The summed E-state index contributed by atoms with van der Waals surface area (Å²) in [6.07, 6.45) is 4.81. The minimum atomic E-state index is 0.0660. The van der Waals surface area contributed by atoms with Gasteiger partial charge in [0.15, 0.2) is 5.13 Å². The van der Waals surface area contributed by atoms with Gasteiger partial charge in [0.2, 0.25) is 5.91 Å². The van der Waals surface area contributed by atoms with Crippen LogP contribution in [0.25, 0.3) is 0 Å². The molecule has 1 aromatic heterocycles. The Morgan fingerprint density at radius 1 is 0.893 bits per heavy atom. The van der Waals surface area contributed by atoms with Crippen LogP contribution in [0.3, 0.4) is 0 Å². The molecule has 3 fully saturated rings. The summed E-state index contributed by atoms with van der Waals surface area (Å²) < 4.78 is 0. The fourth-order valence-corrected chi connectivity index (χ4v) is 5.36. The van der Waals surface area contributed by atoms with Gasteiger partial charge in [-0.25, -0.2) is 9.78 Å². The Balaban J connectivity index is 1.27. The van der Waals surface area contributed by atoms with Crippen LogP contribution in [0.5, 0.6) is 0 Å². The van der Waals surface area contributed by atoms with Gasteiger partial charge in [-0.1, -0.05) is 0 Å². The molecule has 0 unspecified atom stereocenters. The van der Waals surface area contributed by atoms with Gasteiger partial charge >= 0.3 is 6.03 Å². The second kappa shape index (κ2) is 8.68. The minimum Gasteiger partial charge on any atom is -0.346 e. The third kappa shape index (κ3) is 4.26. The third-order valence-electron chi connectivity index (χ3n) is 6.18. The summed E-state index contributed by atoms with van der Waals surface area (Å²) in [4.78, 5) is 38.5. The quantitative estimate of drug-likeness (QED) is 0.758. The normalized spacial score (nSPS) is 21.9. The molecule has 3 amide bonds. The van der Waals surface area contributed by atoms with Gasteiger partial charge in [0.25, 0.3) is 0 Å². The van der Waals surface area contributed by atoms with E-state index < -0.39 is 0 Å². The van der Waals surface area contributed by atoms with Crippen molar-refractivity contribution in [3.63, 3.8) is 0 Å². The van der Waals surface area contributed by atoms with Crippen molar-refractivity contribution in [2.75, 3.05) is 57.3 Å². The number of amides is 3. The first-order chi connectivity index (χ1) is 13.6. The molecule has 0 radical (unpaired) electrons. The van der Waals surface area contributed by atoms with Crippen LogP contribution >= 0.6 is 11.3 Å². The predicted molar refractivity (Wildman–Crippen MR) is 111 cm³/mol. The van der Waals surface area contributed by atoms with Crippen molar-refractivity contribution in [3.8, 4) is 0 Å². The van der Waals surface area contributed by atoms with E-state index in [2.05, 4.69) is 15.3 Å². The highest BCUT2D eigenvalue weighted by Crippen LogP contribution is 2.24. The standard InChI is InChI=1S/C20H31N5O2S/c1-16-15-28-19(21-16)23-10-4-9-22(13-14-23)18(26)17-5-11-25(12-6-17)20(27)24-7-2-3-8-24/h15,17H,2-14H2,1H3. The molecule has 0 bridgehead atoms. The zero-order chi connectivity index (χ0) is 19.5. The summed E-state index contributed by atoms with van der Waals surface area (Å²) in [7, 11) is 0. The molecule has 0 N–H and O–H groups in total. The molecule has 0 spiro atoms. The fraction of sp³-hybridized carbons (Fsp3) is 0.750. The first-order valence-electron chi connectivity index (χ1n) is 10.6. The number of hydrogen-bond donors (Lipinski definition) is 0. The van der Waals surface area contributed by atoms with E-state index in [1.165, 1.54) is 0 Å². The molecule has 28 heavy (non-hydrogen) atoms.